The quantitative estimate of drug-likeness (QED) is 0.780. The predicted molar refractivity (Wildman–Crippen MR) is 60.2 cm³/mol. The molecule has 1 atom stereocenters. The fraction of sp³-hybridized carbons (Fsp3) is 0.462. The summed E-state index contributed by atoms with van der Waals surface area (Å²) in [6.07, 6.45) is -0.616. The Kier molecular flexibility index (Phi) is 2.40. The number of nitrogens with zero attached hydrogens (tertiary/aromatic N) is 1. The first-order valence-corrected chi connectivity index (χ1v) is 5.81. The molecule has 2 heterocycles. The molecule has 2 aliphatic heterocycles. The van der Waals surface area contributed by atoms with Crippen molar-refractivity contribution in [2.45, 2.75) is 18.1 Å². The highest BCUT2D eigenvalue weighted by molar-refractivity contribution is 5.84. The van der Waals surface area contributed by atoms with Gasteiger partial charge in [0.2, 0.25) is 6.17 Å². The van der Waals surface area contributed by atoms with Crippen LogP contribution in [0.3, 0.4) is 0 Å². The zero-order valence-electron chi connectivity index (χ0n) is 9.43. The Hall–Kier alpha value is -1.42. The van der Waals surface area contributed by atoms with Crippen molar-refractivity contribution in [1.82, 2.24) is 4.90 Å². The van der Waals surface area contributed by atoms with Gasteiger partial charge in [0.1, 0.15) is 0 Å². The molecule has 0 aliphatic carbocycles. The third-order valence-corrected chi connectivity index (χ3v) is 3.69. The van der Waals surface area contributed by atoms with Crippen LogP contribution in [0.25, 0.3) is 0 Å². The van der Waals surface area contributed by atoms with Gasteiger partial charge in [0.15, 0.2) is 0 Å². The first-order chi connectivity index (χ1) is 8.23. The third kappa shape index (κ3) is 1.55. The Morgan fingerprint density at radius 3 is 2.53 bits per heavy atom. The monoisotopic (exact) mass is 235 g/mol. The van der Waals surface area contributed by atoms with E-state index in [4.69, 9.17) is 4.74 Å². The van der Waals surface area contributed by atoms with Crippen LogP contribution in [0.5, 0.6) is 0 Å². The lowest BCUT2D eigenvalue weighted by atomic mass is 9.82. The van der Waals surface area contributed by atoms with Gasteiger partial charge in [-0.15, -0.1) is 0 Å². The van der Waals surface area contributed by atoms with E-state index in [1.165, 1.54) is 0 Å². The van der Waals surface area contributed by atoms with Crippen LogP contribution in [-0.2, 0) is 9.53 Å². The predicted octanol–water partition coefficient (Wildman–Crippen LogP) is 1.70. The Morgan fingerprint density at radius 2 is 2.06 bits per heavy atom. The van der Waals surface area contributed by atoms with Crippen LogP contribution in [-0.4, -0.2) is 36.1 Å². The average molecular weight is 235 g/mol. The van der Waals surface area contributed by atoms with Crippen molar-refractivity contribution in [3.05, 3.63) is 35.9 Å². The summed E-state index contributed by atoms with van der Waals surface area (Å²) in [5.74, 6) is -0.425. The number of ether oxygens (including phenoxy) is 1. The van der Waals surface area contributed by atoms with Gasteiger partial charge in [-0.3, -0.25) is 4.79 Å². The molecule has 2 aliphatic rings. The zero-order valence-corrected chi connectivity index (χ0v) is 9.43. The number of likely N-dealkylation sites (tertiary alicyclic amines) is 1. The van der Waals surface area contributed by atoms with E-state index >= 15 is 0 Å². The van der Waals surface area contributed by atoms with Crippen molar-refractivity contribution >= 4 is 5.91 Å². The molecule has 1 aromatic rings. The number of alkyl halides is 1. The molecule has 0 aromatic heterocycles. The van der Waals surface area contributed by atoms with E-state index in [0.717, 1.165) is 6.42 Å². The maximum Gasteiger partial charge on any atom is 0.262 e. The van der Waals surface area contributed by atoms with E-state index < -0.39 is 12.1 Å². The highest BCUT2D eigenvalue weighted by Crippen LogP contribution is 2.39. The fourth-order valence-corrected chi connectivity index (χ4v) is 2.42. The number of hydrogen-bond acceptors (Lipinski definition) is 2. The molecule has 90 valence electrons. The lowest BCUT2D eigenvalue weighted by Gasteiger charge is -2.57. The molecule has 1 amide bonds. The van der Waals surface area contributed by atoms with Crippen LogP contribution < -0.4 is 0 Å². The van der Waals surface area contributed by atoms with Gasteiger partial charge in [-0.25, -0.2) is 4.39 Å². The number of benzene rings is 1. The second kappa shape index (κ2) is 3.81. The molecule has 0 radical (unpaired) electrons. The second-order valence-corrected chi connectivity index (χ2v) is 4.73. The van der Waals surface area contributed by atoms with Crippen molar-refractivity contribution in [2.24, 2.45) is 0 Å². The topological polar surface area (TPSA) is 29.5 Å². The summed E-state index contributed by atoms with van der Waals surface area (Å²) in [7, 11) is 0. The molecule has 1 unspecified atom stereocenters. The van der Waals surface area contributed by atoms with Crippen molar-refractivity contribution < 1.29 is 13.9 Å². The molecular weight excluding hydrogens is 221 g/mol. The van der Waals surface area contributed by atoms with E-state index in [1.807, 2.05) is 6.07 Å². The summed E-state index contributed by atoms with van der Waals surface area (Å²) < 4.78 is 19.2. The number of carbonyl (C=O) groups is 1. The van der Waals surface area contributed by atoms with Gasteiger partial charge in [0.25, 0.3) is 5.91 Å². The maximum atomic E-state index is 14.1. The molecule has 0 bridgehead atoms. The molecule has 17 heavy (non-hydrogen) atoms. The normalized spacial score (nSPS) is 22.8. The molecule has 1 spiro atoms. The Morgan fingerprint density at radius 1 is 1.35 bits per heavy atom. The smallest absolute Gasteiger partial charge is 0.262 e. The minimum Gasteiger partial charge on any atom is -0.376 e. The van der Waals surface area contributed by atoms with Gasteiger partial charge < -0.3 is 9.64 Å². The van der Waals surface area contributed by atoms with Crippen molar-refractivity contribution in [2.75, 3.05) is 19.8 Å². The summed E-state index contributed by atoms with van der Waals surface area (Å²) in [5, 5.41) is 0. The van der Waals surface area contributed by atoms with E-state index in [9.17, 15) is 9.18 Å². The van der Waals surface area contributed by atoms with Gasteiger partial charge in [-0.1, -0.05) is 30.3 Å². The molecular formula is C13H14FNO2. The van der Waals surface area contributed by atoms with Crippen LogP contribution in [0, 0.1) is 0 Å². The molecule has 2 fully saturated rings. The molecule has 4 heteroatoms. The number of rotatable bonds is 2. The Balaban J connectivity index is 1.74. The average Bonchev–Trinajstić information content (AvgIpc) is 2.26. The lowest BCUT2D eigenvalue weighted by molar-refractivity contribution is -0.203. The zero-order chi connectivity index (χ0) is 11.9. The largest absolute Gasteiger partial charge is 0.376 e. The van der Waals surface area contributed by atoms with Gasteiger partial charge in [0.05, 0.1) is 18.8 Å². The van der Waals surface area contributed by atoms with E-state index in [1.54, 1.807) is 29.2 Å². The summed E-state index contributed by atoms with van der Waals surface area (Å²) in [4.78, 5) is 13.7. The molecule has 0 saturated carbocycles. The van der Waals surface area contributed by atoms with E-state index in [-0.39, 0.29) is 5.54 Å². The van der Waals surface area contributed by atoms with Crippen LogP contribution >= 0.6 is 0 Å². The molecule has 1 aromatic carbocycles. The first-order valence-electron chi connectivity index (χ1n) is 5.81. The first kappa shape index (κ1) is 10.7. The van der Waals surface area contributed by atoms with Gasteiger partial charge in [-0.2, -0.15) is 0 Å². The standard InChI is InChI=1S/C13H14FNO2/c14-11(10-4-2-1-3-5-10)12(16)15-7-6-13(15)8-17-9-13/h1-5,11H,6-9H2. The molecule has 3 nitrogen and oxygen atoms in total. The molecule has 2 saturated heterocycles. The van der Waals surface area contributed by atoms with Crippen LogP contribution in [0.4, 0.5) is 4.39 Å². The second-order valence-electron chi connectivity index (χ2n) is 4.73. The summed E-state index contributed by atoms with van der Waals surface area (Å²) in [6, 6.07) is 8.59. The SMILES string of the molecule is O=C(C(F)c1ccccc1)N1CCC12COC2. The van der Waals surface area contributed by atoms with Crippen molar-refractivity contribution in [1.29, 1.82) is 0 Å². The number of hydrogen-bond donors (Lipinski definition) is 0. The number of halogens is 1. The van der Waals surface area contributed by atoms with E-state index in [0.29, 0.717) is 25.3 Å². The Bertz CT molecular complexity index is 425. The maximum absolute atomic E-state index is 14.1. The summed E-state index contributed by atoms with van der Waals surface area (Å²) in [6.45, 7) is 1.76. The molecule has 0 N–H and O–H groups in total. The van der Waals surface area contributed by atoms with E-state index in [2.05, 4.69) is 0 Å². The van der Waals surface area contributed by atoms with Crippen molar-refractivity contribution in [3.8, 4) is 0 Å². The van der Waals surface area contributed by atoms with Gasteiger partial charge in [-0.05, 0) is 12.0 Å². The third-order valence-electron chi connectivity index (χ3n) is 3.69. The lowest BCUT2D eigenvalue weighted by Crippen LogP contribution is -2.72. The Labute approximate surface area is 99.2 Å². The highest BCUT2D eigenvalue weighted by atomic mass is 19.1. The van der Waals surface area contributed by atoms with Gasteiger partial charge >= 0.3 is 0 Å². The molecule has 3 rings (SSSR count). The number of carbonyl (C=O) groups excluding carboxylic acids is 1. The van der Waals surface area contributed by atoms with Crippen molar-refractivity contribution in [3.63, 3.8) is 0 Å². The fourth-order valence-electron chi connectivity index (χ4n) is 2.42. The van der Waals surface area contributed by atoms with Crippen LogP contribution in [0.1, 0.15) is 18.2 Å². The minimum absolute atomic E-state index is 0.184. The van der Waals surface area contributed by atoms with Crippen LogP contribution in [0.15, 0.2) is 30.3 Å². The summed E-state index contributed by atoms with van der Waals surface area (Å²) in [5.41, 5.74) is 0.246. The summed E-state index contributed by atoms with van der Waals surface area (Å²) >= 11 is 0. The minimum atomic E-state index is -1.55. The van der Waals surface area contributed by atoms with Crippen LogP contribution in [0.2, 0.25) is 0 Å². The van der Waals surface area contributed by atoms with Gasteiger partial charge in [0, 0.05) is 6.54 Å². The number of amides is 1. The highest BCUT2D eigenvalue weighted by Gasteiger charge is 2.54.